The second-order valence-corrected chi connectivity index (χ2v) is 7.60. The Kier molecular flexibility index (Phi) is 6.14. The fourth-order valence-corrected chi connectivity index (χ4v) is 3.36. The van der Waals surface area contributed by atoms with E-state index in [9.17, 15) is 17.6 Å². The molecule has 2 aromatic carbocycles. The first-order valence-corrected chi connectivity index (χ1v) is 9.73. The second kappa shape index (κ2) is 8.11. The van der Waals surface area contributed by atoms with E-state index in [4.69, 9.17) is 0 Å². The van der Waals surface area contributed by atoms with E-state index in [0.29, 0.717) is 6.42 Å². The summed E-state index contributed by atoms with van der Waals surface area (Å²) in [6, 6.07) is 14.4. The van der Waals surface area contributed by atoms with Gasteiger partial charge >= 0.3 is 0 Å². The number of nitrogens with one attached hydrogen (secondary N) is 1. The number of anilines is 1. The van der Waals surface area contributed by atoms with Crippen LogP contribution in [0.1, 0.15) is 24.9 Å². The fourth-order valence-electron chi connectivity index (χ4n) is 2.51. The molecule has 0 aliphatic carbocycles. The molecule has 0 spiro atoms. The van der Waals surface area contributed by atoms with Gasteiger partial charge in [-0.15, -0.1) is 0 Å². The maximum Gasteiger partial charge on any atom is 0.241 e. The van der Waals surface area contributed by atoms with Gasteiger partial charge in [-0.2, -0.15) is 0 Å². The lowest BCUT2D eigenvalue weighted by Gasteiger charge is -2.24. The van der Waals surface area contributed by atoms with Crippen molar-refractivity contribution in [2.75, 3.05) is 17.1 Å². The molecule has 0 unspecified atom stereocenters. The minimum Gasteiger partial charge on any atom is -0.348 e. The largest absolute Gasteiger partial charge is 0.348 e. The fraction of sp³-hybridized carbons (Fsp3) is 0.278. The Bertz CT molecular complexity index is 825. The van der Waals surface area contributed by atoms with Crippen LogP contribution in [0.15, 0.2) is 54.6 Å². The normalized spacial score (nSPS) is 12.4. The standard InChI is InChI=1S/C18H21FN2O3S/c1-3-17(14-8-5-4-6-9-14)20-18(22)13-21(25(2,23)24)16-11-7-10-15(19)12-16/h4-12,17H,3,13H2,1-2H3,(H,20,22)/t17-/m0/s1. The summed E-state index contributed by atoms with van der Waals surface area (Å²) >= 11 is 0. The topological polar surface area (TPSA) is 66.5 Å². The van der Waals surface area contributed by atoms with Gasteiger partial charge in [0.2, 0.25) is 15.9 Å². The molecular weight excluding hydrogens is 343 g/mol. The van der Waals surface area contributed by atoms with Crippen molar-refractivity contribution in [3.8, 4) is 0 Å². The Labute approximate surface area is 147 Å². The van der Waals surface area contributed by atoms with E-state index in [1.165, 1.54) is 18.2 Å². The molecule has 0 fully saturated rings. The molecule has 0 bridgehead atoms. The van der Waals surface area contributed by atoms with E-state index in [0.717, 1.165) is 22.2 Å². The molecule has 0 radical (unpaired) electrons. The van der Waals surface area contributed by atoms with Crippen LogP contribution in [0.5, 0.6) is 0 Å². The molecule has 5 nitrogen and oxygen atoms in total. The number of rotatable bonds is 7. The monoisotopic (exact) mass is 364 g/mol. The number of nitrogens with zero attached hydrogens (tertiary/aromatic N) is 1. The van der Waals surface area contributed by atoms with Gasteiger partial charge in [-0.25, -0.2) is 12.8 Å². The predicted molar refractivity (Wildman–Crippen MR) is 96.2 cm³/mol. The van der Waals surface area contributed by atoms with Crippen LogP contribution < -0.4 is 9.62 Å². The summed E-state index contributed by atoms with van der Waals surface area (Å²) in [5.74, 6) is -1.02. The van der Waals surface area contributed by atoms with Gasteiger partial charge in [0.1, 0.15) is 12.4 Å². The lowest BCUT2D eigenvalue weighted by atomic mass is 10.0. The minimum atomic E-state index is -3.73. The summed E-state index contributed by atoms with van der Waals surface area (Å²) in [5.41, 5.74) is 1.06. The lowest BCUT2D eigenvalue weighted by molar-refractivity contribution is -0.120. The molecule has 1 atom stereocenters. The van der Waals surface area contributed by atoms with Crippen LogP contribution in [-0.2, 0) is 14.8 Å². The molecule has 0 aliphatic rings. The zero-order valence-electron chi connectivity index (χ0n) is 14.1. The molecule has 0 saturated carbocycles. The van der Waals surface area contributed by atoms with Crippen LogP contribution in [0.2, 0.25) is 0 Å². The van der Waals surface area contributed by atoms with Gasteiger partial charge in [0.25, 0.3) is 0 Å². The second-order valence-electron chi connectivity index (χ2n) is 5.69. The van der Waals surface area contributed by atoms with E-state index < -0.39 is 28.3 Å². The van der Waals surface area contributed by atoms with E-state index >= 15 is 0 Å². The first kappa shape index (κ1) is 18.9. The van der Waals surface area contributed by atoms with E-state index in [-0.39, 0.29) is 11.7 Å². The van der Waals surface area contributed by atoms with Gasteiger partial charge in [0.05, 0.1) is 18.0 Å². The molecule has 1 N–H and O–H groups in total. The summed E-state index contributed by atoms with van der Waals surface area (Å²) in [5, 5.41) is 2.83. The number of sulfonamides is 1. The maximum atomic E-state index is 13.4. The molecule has 2 aromatic rings. The van der Waals surface area contributed by atoms with Crippen molar-refractivity contribution >= 4 is 21.6 Å². The molecule has 0 saturated heterocycles. The highest BCUT2D eigenvalue weighted by atomic mass is 32.2. The van der Waals surface area contributed by atoms with Crippen molar-refractivity contribution in [3.63, 3.8) is 0 Å². The van der Waals surface area contributed by atoms with Crippen molar-refractivity contribution < 1.29 is 17.6 Å². The molecule has 25 heavy (non-hydrogen) atoms. The van der Waals surface area contributed by atoms with Crippen LogP contribution in [0.3, 0.4) is 0 Å². The van der Waals surface area contributed by atoms with Gasteiger partial charge < -0.3 is 5.32 Å². The number of hydrogen-bond donors (Lipinski definition) is 1. The molecule has 1 amide bonds. The average molecular weight is 364 g/mol. The first-order chi connectivity index (χ1) is 11.8. The van der Waals surface area contributed by atoms with Crippen molar-refractivity contribution in [1.29, 1.82) is 0 Å². The maximum absolute atomic E-state index is 13.4. The Morgan fingerprint density at radius 1 is 1.16 bits per heavy atom. The molecule has 7 heteroatoms. The average Bonchev–Trinajstić information content (AvgIpc) is 2.57. The third-order valence-corrected chi connectivity index (χ3v) is 4.87. The minimum absolute atomic E-state index is 0.116. The third-order valence-electron chi connectivity index (χ3n) is 3.73. The highest BCUT2D eigenvalue weighted by Gasteiger charge is 2.22. The van der Waals surface area contributed by atoms with E-state index in [2.05, 4.69) is 5.32 Å². The number of amides is 1. The molecule has 2 rings (SSSR count). The Morgan fingerprint density at radius 2 is 1.84 bits per heavy atom. The lowest BCUT2D eigenvalue weighted by Crippen LogP contribution is -2.41. The highest BCUT2D eigenvalue weighted by Crippen LogP contribution is 2.19. The Balaban J connectivity index is 2.17. The van der Waals surface area contributed by atoms with Crippen molar-refractivity contribution in [1.82, 2.24) is 5.32 Å². The number of carbonyl (C=O) groups excluding carboxylic acids is 1. The number of benzene rings is 2. The van der Waals surface area contributed by atoms with Crippen LogP contribution in [0.25, 0.3) is 0 Å². The molecule has 0 heterocycles. The third kappa shape index (κ3) is 5.29. The Morgan fingerprint density at radius 3 is 2.40 bits per heavy atom. The molecular formula is C18H21FN2O3S. The van der Waals surface area contributed by atoms with E-state index in [1.807, 2.05) is 37.3 Å². The van der Waals surface area contributed by atoms with Gasteiger partial charge in [-0.3, -0.25) is 9.10 Å². The molecule has 0 aromatic heterocycles. The van der Waals surface area contributed by atoms with Crippen molar-refractivity contribution in [3.05, 3.63) is 66.0 Å². The number of carbonyl (C=O) groups is 1. The summed E-state index contributed by atoms with van der Waals surface area (Å²) in [4.78, 5) is 12.4. The van der Waals surface area contributed by atoms with Crippen LogP contribution in [0.4, 0.5) is 10.1 Å². The summed E-state index contributed by atoms with van der Waals surface area (Å²) in [7, 11) is -3.73. The number of hydrogen-bond acceptors (Lipinski definition) is 3. The van der Waals surface area contributed by atoms with Gasteiger partial charge in [-0.05, 0) is 30.2 Å². The van der Waals surface area contributed by atoms with Crippen LogP contribution in [-0.4, -0.2) is 27.1 Å². The van der Waals surface area contributed by atoms with Gasteiger partial charge in [-0.1, -0.05) is 43.3 Å². The zero-order chi connectivity index (χ0) is 18.4. The molecule has 0 aliphatic heterocycles. The van der Waals surface area contributed by atoms with Gasteiger partial charge in [0.15, 0.2) is 0 Å². The molecule has 134 valence electrons. The number of halogens is 1. The van der Waals surface area contributed by atoms with Crippen LogP contribution in [0, 0.1) is 5.82 Å². The summed E-state index contributed by atoms with van der Waals surface area (Å²) < 4.78 is 38.4. The van der Waals surface area contributed by atoms with Crippen LogP contribution >= 0.6 is 0 Å². The Hall–Kier alpha value is -2.41. The first-order valence-electron chi connectivity index (χ1n) is 7.89. The highest BCUT2D eigenvalue weighted by molar-refractivity contribution is 7.92. The predicted octanol–water partition coefficient (Wildman–Crippen LogP) is 2.86. The summed E-state index contributed by atoms with van der Waals surface area (Å²) in [6.45, 7) is 1.52. The van der Waals surface area contributed by atoms with Crippen molar-refractivity contribution in [2.45, 2.75) is 19.4 Å². The SMILES string of the molecule is CC[C@H](NC(=O)CN(c1cccc(F)c1)S(C)(=O)=O)c1ccccc1. The van der Waals surface area contributed by atoms with E-state index in [1.54, 1.807) is 0 Å². The summed E-state index contributed by atoms with van der Waals surface area (Å²) in [6.07, 6.45) is 1.65. The van der Waals surface area contributed by atoms with Gasteiger partial charge in [0, 0.05) is 0 Å². The quantitative estimate of drug-likeness (QED) is 0.821. The smallest absolute Gasteiger partial charge is 0.241 e. The van der Waals surface area contributed by atoms with Crippen molar-refractivity contribution in [2.24, 2.45) is 0 Å². The zero-order valence-corrected chi connectivity index (χ0v) is 15.0.